The molecule has 558 valence electrons. The van der Waals surface area contributed by atoms with Crippen molar-refractivity contribution in [2.75, 3.05) is 26.4 Å². The fraction of sp³-hybridized carbons (Fsp3) is 0.368. The zero-order valence-electron chi connectivity index (χ0n) is 60.5. The van der Waals surface area contributed by atoms with Gasteiger partial charge in [-0.1, -0.05) is 293 Å². The molecule has 3 saturated heterocycles. The number of aliphatic hydroxyl groups excluding tert-OH is 1. The van der Waals surface area contributed by atoms with Crippen LogP contribution in [0.5, 0.6) is 0 Å². The van der Waals surface area contributed by atoms with Gasteiger partial charge in [-0.05, 0) is 56.1 Å². The first-order valence-corrected chi connectivity index (χ1v) is 40.4. The highest BCUT2D eigenvalue weighted by Gasteiger charge is 2.57. The predicted molar refractivity (Wildman–Crippen MR) is 403 cm³/mol. The second-order valence-electron chi connectivity index (χ2n) is 28.0. The van der Waals surface area contributed by atoms with Crippen LogP contribution in [-0.2, 0) is 131 Å². The van der Waals surface area contributed by atoms with E-state index in [9.17, 15) is 9.90 Å². The van der Waals surface area contributed by atoms with Gasteiger partial charge in [0, 0.05) is 14.7 Å². The molecule has 0 radical (unpaired) electrons. The van der Waals surface area contributed by atoms with Crippen LogP contribution in [0.1, 0.15) is 50.1 Å². The molecule has 106 heavy (non-hydrogen) atoms. The van der Waals surface area contributed by atoms with E-state index >= 15 is 0 Å². The number of rotatable bonds is 38. The maximum absolute atomic E-state index is 14.7. The van der Waals surface area contributed by atoms with Gasteiger partial charge in [-0.25, -0.2) is 4.79 Å². The number of aliphatic hydroxyl groups is 1. The molecule has 12 rings (SSSR count). The molecule has 0 unspecified atom stereocenters. The normalized spacial score (nSPS) is 24.6. The highest BCUT2D eigenvalue weighted by Crippen LogP contribution is 2.39. The number of nitrogens with one attached hydrogen (secondary N) is 1. The summed E-state index contributed by atoms with van der Waals surface area (Å²) in [6.07, 6.45) is -17.0. The van der Waals surface area contributed by atoms with E-state index < -0.39 is 106 Å². The van der Waals surface area contributed by atoms with E-state index in [1.807, 2.05) is 273 Å². The minimum atomic E-state index is -1.66. The third-order valence-electron chi connectivity index (χ3n) is 18.7. The Morgan fingerprint density at radius 2 is 0.632 bits per heavy atom. The minimum Gasteiger partial charge on any atom is -0.445 e. The number of amides is 1. The summed E-state index contributed by atoms with van der Waals surface area (Å²) in [6, 6.07) is 87.6. The zero-order valence-corrected chi connectivity index (χ0v) is 61.5. The van der Waals surface area contributed by atoms with Crippen LogP contribution < -0.4 is 5.32 Å². The van der Waals surface area contributed by atoms with Crippen molar-refractivity contribution in [3.63, 3.8) is 0 Å². The predicted octanol–water partition coefficient (Wildman–Crippen LogP) is 14.5. The van der Waals surface area contributed by atoms with Gasteiger partial charge in [-0.2, -0.15) is 0 Å². The number of alkyl carbamates (subject to hydrolysis) is 1. The van der Waals surface area contributed by atoms with Crippen LogP contribution in [0.25, 0.3) is 0 Å². The molecule has 2 N–H and O–H groups in total. The smallest absolute Gasteiger partial charge is 0.407 e. The van der Waals surface area contributed by atoms with Gasteiger partial charge < -0.3 is 81.5 Å². The quantitative estimate of drug-likeness (QED) is 0.0348. The van der Waals surface area contributed by atoms with Gasteiger partial charge in [0.1, 0.15) is 79.8 Å². The van der Waals surface area contributed by atoms with E-state index in [4.69, 9.17) is 71.1 Å². The van der Waals surface area contributed by atoms with E-state index in [2.05, 4.69) is 25.0 Å². The van der Waals surface area contributed by atoms with Gasteiger partial charge in [0.05, 0.1) is 72.7 Å². The molecule has 3 aliphatic heterocycles. The third kappa shape index (κ3) is 23.7. The Hall–Kier alpha value is -8.13. The molecule has 0 bridgehead atoms. The maximum atomic E-state index is 14.7. The number of hydrogen-bond donors (Lipinski definition) is 2. The lowest BCUT2D eigenvalue weighted by molar-refractivity contribution is -0.389. The van der Waals surface area contributed by atoms with Crippen LogP contribution in [0.2, 0.25) is 25.7 Å². The molecule has 3 heterocycles. The molecule has 1 amide bonds. The average molecular weight is 1460 g/mol. The fourth-order valence-electron chi connectivity index (χ4n) is 13.0. The van der Waals surface area contributed by atoms with Gasteiger partial charge in [-0.3, -0.25) is 0 Å². The first-order chi connectivity index (χ1) is 52.0. The number of carbonyl (C=O) groups is 1. The molecular weight excluding hydrogens is 1360 g/mol. The molecule has 3 fully saturated rings. The average Bonchev–Trinajstić information content (AvgIpc) is 0.760. The molecular formula is C87H99NO17Si. The van der Waals surface area contributed by atoms with Gasteiger partial charge in [-0.15, -0.1) is 0 Å². The largest absolute Gasteiger partial charge is 0.445 e. The first-order valence-electron chi connectivity index (χ1n) is 36.7. The van der Waals surface area contributed by atoms with Gasteiger partial charge in [0.2, 0.25) is 0 Å². The highest BCUT2D eigenvalue weighted by atomic mass is 28.3. The molecule has 3 aliphatic rings. The molecule has 0 aromatic heterocycles. The zero-order chi connectivity index (χ0) is 73.0. The van der Waals surface area contributed by atoms with E-state index in [0.717, 1.165) is 56.1 Å². The van der Waals surface area contributed by atoms with Crippen molar-refractivity contribution in [1.29, 1.82) is 0 Å². The molecule has 9 aromatic carbocycles. The number of benzene rings is 9. The summed E-state index contributed by atoms with van der Waals surface area (Å²) < 4.78 is 107. The van der Waals surface area contributed by atoms with E-state index in [1.54, 1.807) is 0 Å². The lowest BCUT2D eigenvalue weighted by atomic mass is 9.94. The van der Waals surface area contributed by atoms with Gasteiger partial charge in [0.15, 0.2) is 18.9 Å². The van der Waals surface area contributed by atoms with Crippen molar-refractivity contribution in [1.82, 2.24) is 5.32 Å². The van der Waals surface area contributed by atoms with Crippen LogP contribution in [0.15, 0.2) is 273 Å². The maximum Gasteiger partial charge on any atom is 0.407 e. The fourth-order valence-corrected chi connectivity index (χ4v) is 13.7. The van der Waals surface area contributed by atoms with E-state index in [0.29, 0.717) is 6.61 Å². The summed E-state index contributed by atoms with van der Waals surface area (Å²) in [5.74, 6) is 0. The summed E-state index contributed by atoms with van der Waals surface area (Å²) >= 11 is 0. The van der Waals surface area contributed by atoms with Crippen LogP contribution >= 0.6 is 0 Å². The molecule has 9 aromatic rings. The molecule has 18 nitrogen and oxygen atoms in total. The highest BCUT2D eigenvalue weighted by molar-refractivity contribution is 6.76. The van der Waals surface area contributed by atoms with Gasteiger partial charge in [0.25, 0.3) is 0 Å². The van der Waals surface area contributed by atoms with Crippen molar-refractivity contribution in [3.8, 4) is 0 Å². The molecule has 15 atom stereocenters. The van der Waals surface area contributed by atoms with Crippen molar-refractivity contribution in [3.05, 3.63) is 323 Å². The number of carbonyl (C=O) groups excluding carboxylic acids is 1. The third-order valence-corrected chi connectivity index (χ3v) is 20.4. The Kier molecular flexibility index (Phi) is 29.8. The van der Waals surface area contributed by atoms with Crippen molar-refractivity contribution in [2.24, 2.45) is 0 Å². The topological polar surface area (TPSA) is 188 Å². The molecule has 19 heteroatoms. The van der Waals surface area contributed by atoms with E-state index in [-0.39, 0.29) is 79.3 Å². The Morgan fingerprint density at radius 1 is 0.330 bits per heavy atom. The summed E-state index contributed by atoms with van der Waals surface area (Å²) in [4.78, 5) is 14.7. The molecule has 0 saturated carbocycles. The number of hydrogen-bond acceptors (Lipinski definition) is 17. The second kappa shape index (κ2) is 40.7. The van der Waals surface area contributed by atoms with Crippen LogP contribution in [0.3, 0.4) is 0 Å². The van der Waals surface area contributed by atoms with Crippen LogP contribution in [0, 0.1) is 0 Å². The summed E-state index contributed by atoms with van der Waals surface area (Å²) in [5.41, 5.74) is 7.86. The minimum absolute atomic E-state index is 0.00270. The van der Waals surface area contributed by atoms with Gasteiger partial charge >= 0.3 is 6.09 Å². The van der Waals surface area contributed by atoms with Crippen molar-refractivity contribution < 1.29 is 81.0 Å². The van der Waals surface area contributed by atoms with Crippen molar-refractivity contribution in [2.45, 2.75) is 177 Å². The summed E-state index contributed by atoms with van der Waals surface area (Å²) in [5, 5.41) is 16.0. The Balaban J connectivity index is 0.996. The molecule has 0 aliphatic carbocycles. The summed E-state index contributed by atoms with van der Waals surface area (Å²) in [6.45, 7) is 8.15. The second-order valence-corrected chi connectivity index (χ2v) is 33.7. The Bertz CT molecular complexity index is 3900. The molecule has 0 spiro atoms. The van der Waals surface area contributed by atoms with E-state index in [1.165, 1.54) is 0 Å². The monoisotopic (exact) mass is 1460 g/mol. The van der Waals surface area contributed by atoms with Crippen LogP contribution in [0.4, 0.5) is 4.79 Å². The lowest BCUT2D eigenvalue weighted by Crippen LogP contribution is -2.69. The Morgan fingerprint density at radius 3 is 1.03 bits per heavy atom. The number of ether oxygens (including phenoxy) is 15. The summed E-state index contributed by atoms with van der Waals surface area (Å²) in [7, 11) is -1.66. The first kappa shape index (κ1) is 77.5. The Labute approximate surface area is 624 Å². The standard InChI is InChI=1S/C87H99NO17Si/c1-106(2,3)50-49-94-85-82(98-57-69-43-25-10-26-44-69)80(97-56-68-41-23-9-24-42-68)78(74(102-85)62-93-53-65-35-17-6-18-36-65)104-86-83(99-58-70-45-27-11-28-46-70)81(77(95-54-66-37-19-7-20-38-66)73(103-86)61-92-52-64-33-15-5-16-34-64)105-84-75(88-87(90)100-59-71-47-29-12-30-48-71)79(96-55-67-39-21-8-22-40-67)76(89)72(101-84)60-91-51-63-31-13-4-14-32-63/h4-48,72-86,89H,49-62H2,1-3H3,(H,88,90)/t72-,73-,74-,75-,76-,77+,78-,79-,80+,81+,82-,83-,84+,85-,86+/m1/s1. The lowest BCUT2D eigenvalue weighted by Gasteiger charge is -2.51. The van der Waals surface area contributed by atoms with Crippen molar-refractivity contribution >= 4 is 14.2 Å². The SMILES string of the molecule is C[Si](C)(C)CCO[C@@H]1O[C@H](COCc2ccccc2)[C@@H](O[C@@H]2O[C@H](COCc3ccccc3)[C@H](OCc3ccccc3)[C@H](O[C@@H]3O[C@H](COCc4ccccc4)[C@@H](O)[C@H](OCc4ccccc4)[C@H]3NC(=O)OCc3ccccc3)[C@H]2OCc2ccccc2)[C@H](OCc2ccccc2)[C@H]1OCc1ccccc1. The van der Waals surface area contributed by atoms with Crippen LogP contribution in [-0.4, -0.2) is 138 Å².